The number of likely N-dealkylation sites (N-methyl/N-ethyl adjacent to an activating group) is 2. The molecule has 2 aliphatic heterocycles. The van der Waals surface area contributed by atoms with Crippen LogP contribution in [0.1, 0.15) is 12.5 Å². The van der Waals surface area contributed by atoms with Gasteiger partial charge in [-0.2, -0.15) is 0 Å². The number of nitrogens with one attached hydrogen (secondary N) is 1. The third kappa shape index (κ3) is 2.58. The Balaban J connectivity index is 1.85. The molecule has 0 spiro atoms. The van der Waals surface area contributed by atoms with E-state index in [1.54, 1.807) is 6.33 Å². The third-order valence-electron chi connectivity index (χ3n) is 4.98. The van der Waals surface area contributed by atoms with Crippen molar-refractivity contribution in [1.82, 2.24) is 20.2 Å². The summed E-state index contributed by atoms with van der Waals surface area (Å²) in [4.78, 5) is 15.6. The number of hydrogen-bond acceptors (Lipinski definition) is 6. The summed E-state index contributed by atoms with van der Waals surface area (Å²) < 4.78 is 0. The van der Waals surface area contributed by atoms with Crippen molar-refractivity contribution in [3.05, 3.63) is 66.9 Å². The van der Waals surface area contributed by atoms with Crippen LogP contribution in [0, 0.1) is 0 Å². The van der Waals surface area contributed by atoms with E-state index in [4.69, 9.17) is 0 Å². The Morgan fingerprint density at radius 3 is 2.77 bits per heavy atom. The van der Waals surface area contributed by atoms with Gasteiger partial charge in [-0.1, -0.05) is 30.4 Å². The molecule has 4 rings (SSSR count). The minimum atomic E-state index is 0.0490. The van der Waals surface area contributed by atoms with E-state index in [9.17, 15) is 0 Å². The van der Waals surface area contributed by atoms with Crippen molar-refractivity contribution in [2.75, 3.05) is 23.9 Å². The molecule has 6 heteroatoms. The number of aromatic nitrogens is 2. The molecule has 2 aromatic rings. The van der Waals surface area contributed by atoms with Crippen LogP contribution < -0.4 is 15.1 Å². The molecule has 0 amide bonds. The maximum absolute atomic E-state index is 4.62. The summed E-state index contributed by atoms with van der Waals surface area (Å²) >= 11 is 0. The molecule has 0 saturated heterocycles. The van der Waals surface area contributed by atoms with Gasteiger partial charge in [-0.25, -0.2) is 9.97 Å². The smallest absolute Gasteiger partial charge is 0.162 e. The van der Waals surface area contributed by atoms with E-state index in [2.05, 4.69) is 88.0 Å². The van der Waals surface area contributed by atoms with Gasteiger partial charge < -0.3 is 15.1 Å². The van der Waals surface area contributed by atoms with E-state index in [0.29, 0.717) is 0 Å². The Morgan fingerprint density at radius 1 is 1.23 bits per heavy atom. The van der Waals surface area contributed by atoms with Crippen molar-refractivity contribution in [1.29, 1.82) is 0 Å². The van der Waals surface area contributed by atoms with E-state index < -0.39 is 0 Å². The Labute approximate surface area is 154 Å². The lowest BCUT2D eigenvalue weighted by molar-refractivity contribution is 0.284. The largest absolute Gasteiger partial charge is 0.367 e. The fourth-order valence-corrected chi connectivity index (χ4v) is 3.79. The second-order valence-corrected chi connectivity index (χ2v) is 6.98. The second-order valence-electron chi connectivity index (χ2n) is 6.98. The topological polar surface area (TPSA) is 47.5 Å². The third-order valence-corrected chi connectivity index (χ3v) is 4.98. The van der Waals surface area contributed by atoms with Gasteiger partial charge in [0.25, 0.3) is 0 Å². The lowest BCUT2D eigenvalue weighted by Crippen LogP contribution is -2.56. The molecular weight excluding hydrogens is 324 g/mol. The summed E-state index contributed by atoms with van der Waals surface area (Å²) in [7, 11) is 4.18. The summed E-state index contributed by atoms with van der Waals surface area (Å²) in [5, 5.41) is 3.47. The Morgan fingerprint density at radius 2 is 2.04 bits per heavy atom. The molecule has 0 bridgehead atoms. The Hall–Kier alpha value is -3.02. The molecule has 2 aliphatic rings. The lowest BCUT2D eigenvalue weighted by atomic mass is 10.0. The number of rotatable bonds is 4. The van der Waals surface area contributed by atoms with E-state index >= 15 is 0 Å². The highest BCUT2D eigenvalue weighted by atomic mass is 15.5. The fourth-order valence-electron chi connectivity index (χ4n) is 3.79. The van der Waals surface area contributed by atoms with Crippen LogP contribution in [0.25, 0.3) is 0 Å². The van der Waals surface area contributed by atoms with Gasteiger partial charge in [0.1, 0.15) is 24.3 Å². The average Bonchev–Trinajstić information content (AvgIpc) is 3.16. The van der Waals surface area contributed by atoms with E-state index in [1.165, 1.54) is 5.56 Å². The molecule has 6 nitrogen and oxygen atoms in total. The van der Waals surface area contributed by atoms with Gasteiger partial charge in [0.2, 0.25) is 0 Å². The molecule has 0 aliphatic carbocycles. The van der Waals surface area contributed by atoms with Crippen molar-refractivity contribution >= 4 is 17.2 Å². The molecule has 0 fully saturated rings. The van der Waals surface area contributed by atoms with Crippen molar-refractivity contribution in [2.45, 2.75) is 25.7 Å². The summed E-state index contributed by atoms with van der Waals surface area (Å²) in [5.74, 6) is 0.934. The highest BCUT2D eigenvalue weighted by Crippen LogP contribution is 2.44. The number of fused-ring (bicyclic) bond motifs is 1. The van der Waals surface area contributed by atoms with Gasteiger partial charge in [0.05, 0.1) is 6.20 Å². The first-order valence-corrected chi connectivity index (χ1v) is 8.77. The van der Waals surface area contributed by atoms with Crippen LogP contribution in [0.2, 0.25) is 0 Å². The van der Waals surface area contributed by atoms with Gasteiger partial charge in [0, 0.05) is 32.2 Å². The van der Waals surface area contributed by atoms with Crippen LogP contribution in [-0.2, 0) is 6.42 Å². The first-order chi connectivity index (χ1) is 12.6. The summed E-state index contributed by atoms with van der Waals surface area (Å²) in [6, 6.07) is 8.50. The predicted octanol–water partition coefficient (Wildman–Crippen LogP) is 2.84. The highest BCUT2D eigenvalue weighted by Gasteiger charge is 2.43. The van der Waals surface area contributed by atoms with E-state index in [0.717, 1.165) is 29.2 Å². The van der Waals surface area contributed by atoms with Crippen LogP contribution >= 0.6 is 0 Å². The minimum absolute atomic E-state index is 0.0490. The Kier molecular flexibility index (Phi) is 4.03. The minimum Gasteiger partial charge on any atom is -0.367 e. The van der Waals surface area contributed by atoms with Crippen LogP contribution in [-0.4, -0.2) is 41.3 Å². The highest BCUT2D eigenvalue weighted by molar-refractivity contribution is 5.81. The average molecular weight is 348 g/mol. The quantitative estimate of drug-likeness (QED) is 0.858. The first kappa shape index (κ1) is 16.4. The van der Waals surface area contributed by atoms with E-state index in [-0.39, 0.29) is 12.3 Å². The van der Waals surface area contributed by atoms with Crippen molar-refractivity contribution < 1.29 is 0 Å². The molecule has 3 heterocycles. The standard InChI is InChI=1S/C20H24N6/c1-14(2)11-15-7-5-6-8-16(15)26-18-17(12-21-13-23-18)25(4)20(26)19-22-9-10-24(19)3/h5-10,12-13,19-20,22H,1,11H2,2-4H3. The zero-order valence-electron chi connectivity index (χ0n) is 15.4. The SMILES string of the molecule is C=C(C)Cc1ccccc1N1c2ncncc2N(C)C1C1NC=CN1C. The van der Waals surface area contributed by atoms with Gasteiger partial charge in [0.15, 0.2) is 5.82 Å². The van der Waals surface area contributed by atoms with Crippen LogP contribution in [0.15, 0.2) is 61.3 Å². The maximum atomic E-state index is 4.62. The van der Waals surface area contributed by atoms with Gasteiger partial charge in [-0.15, -0.1) is 0 Å². The summed E-state index contributed by atoms with van der Waals surface area (Å²) in [6.45, 7) is 6.17. The molecule has 1 aromatic carbocycles. The number of para-hydroxylation sites is 1. The monoisotopic (exact) mass is 348 g/mol. The van der Waals surface area contributed by atoms with Crippen molar-refractivity contribution in [3.8, 4) is 0 Å². The molecule has 1 N–H and O–H groups in total. The van der Waals surface area contributed by atoms with Crippen LogP contribution in [0.5, 0.6) is 0 Å². The number of allylic oxidation sites excluding steroid dienone is 1. The number of anilines is 3. The molecule has 26 heavy (non-hydrogen) atoms. The lowest BCUT2D eigenvalue weighted by Gasteiger charge is -2.38. The zero-order chi connectivity index (χ0) is 18.3. The molecule has 134 valence electrons. The molecule has 0 saturated carbocycles. The fraction of sp³-hybridized carbons (Fsp3) is 0.300. The van der Waals surface area contributed by atoms with Crippen molar-refractivity contribution in [2.24, 2.45) is 0 Å². The van der Waals surface area contributed by atoms with Gasteiger partial charge in [-0.3, -0.25) is 4.90 Å². The summed E-state index contributed by atoms with van der Waals surface area (Å²) in [5.41, 5.74) is 4.58. The number of benzene rings is 1. The van der Waals surface area contributed by atoms with Gasteiger partial charge >= 0.3 is 0 Å². The van der Waals surface area contributed by atoms with Crippen LogP contribution in [0.4, 0.5) is 17.2 Å². The molecule has 2 atom stereocenters. The maximum Gasteiger partial charge on any atom is 0.162 e. The van der Waals surface area contributed by atoms with Crippen LogP contribution in [0.3, 0.4) is 0 Å². The zero-order valence-corrected chi connectivity index (χ0v) is 15.4. The summed E-state index contributed by atoms with van der Waals surface area (Å²) in [6.07, 6.45) is 8.55. The predicted molar refractivity (Wildman–Crippen MR) is 105 cm³/mol. The first-order valence-electron chi connectivity index (χ1n) is 8.77. The molecule has 0 radical (unpaired) electrons. The molecule has 1 aromatic heterocycles. The van der Waals surface area contributed by atoms with Gasteiger partial charge in [-0.05, 0) is 25.0 Å². The second kappa shape index (κ2) is 6.37. The number of nitrogens with zero attached hydrogens (tertiary/aromatic N) is 5. The van der Waals surface area contributed by atoms with Crippen molar-refractivity contribution in [3.63, 3.8) is 0 Å². The molecule has 2 unspecified atom stereocenters. The Bertz CT molecular complexity index is 861. The molecular formula is C20H24N6. The normalized spacial score (nSPS) is 21.1. The van der Waals surface area contributed by atoms with E-state index in [1.807, 2.05) is 12.4 Å². The number of hydrogen-bond donors (Lipinski definition) is 1.